The summed E-state index contributed by atoms with van der Waals surface area (Å²) in [5.41, 5.74) is 2.92. The van der Waals surface area contributed by atoms with Crippen LogP contribution in [-0.2, 0) is 6.42 Å². The number of imidazole rings is 1. The molecule has 0 unspecified atom stereocenters. The van der Waals surface area contributed by atoms with E-state index in [0.717, 1.165) is 23.4 Å². The zero-order chi connectivity index (χ0) is 14.7. The number of hydrogen-bond acceptors (Lipinski definition) is 2. The van der Waals surface area contributed by atoms with Crippen molar-refractivity contribution in [2.75, 3.05) is 0 Å². The number of carbonyl (C=O) groups is 1. The molecule has 21 heavy (non-hydrogen) atoms. The van der Waals surface area contributed by atoms with Gasteiger partial charge in [-0.15, -0.1) is 0 Å². The zero-order valence-electron chi connectivity index (χ0n) is 11.9. The predicted octanol–water partition coefficient (Wildman–Crippen LogP) is 3.80. The molecule has 0 radical (unpaired) electrons. The van der Waals surface area contributed by atoms with E-state index in [-0.39, 0.29) is 5.91 Å². The van der Waals surface area contributed by atoms with E-state index < -0.39 is 0 Å². The van der Waals surface area contributed by atoms with Crippen LogP contribution in [0.1, 0.15) is 23.1 Å². The van der Waals surface area contributed by atoms with Crippen molar-refractivity contribution in [1.82, 2.24) is 9.55 Å². The van der Waals surface area contributed by atoms with Gasteiger partial charge in [-0.05, 0) is 23.3 Å². The Balaban J connectivity index is 1.89. The fourth-order valence-corrected chi connectivity index (χ4v) is 2.36. The lowest BCUT2D eigenvalue weighted by Gasteiger charge is -2.06. The van der Waals surface area contributed by atoms with Gasteiger partial charge >= 0.3 is 0 Å². The Kier molecular flexibility index (Phi) is 3.65. The molecule has 0 amide bonds. The van der Waals surface area contributed by atoms with E-state index in [0.29, 0.717) is 5.56 Å². The van der Waals surface area contributed by atoms with E-state index in [9.17, 15) is 4.79 Å². The summed E-state index contributed by atoms with van der Waals surface area (Å²) in [6.07, 6.45) is 4.11. The second kappa shape index (κ2) is 5.75. The van der Waals surface area contributed by atoms with Crippen molar-refractivity contribution in [3.05, 3.63) is 78.4 Å². The van der Waals surface area contributed by atoms with Gasteiger partial charge in [0.15, 0.2) is 0 Å². The van der Waals surface area contributed by atoms with Gasteiger partial charge < -0.3 is 0 Å². The third-order valence-corrected chi connectivity index (χ3v) is 3.49. The SMILES string of the molecule is CCc1nccn1C(=O)c1ccc(-c2ccccc2)cc1. The van der Waals surface area contributed by atoms with Crippen molar-refractivity contribution >= 4 is 5.91 Å². The van der Waals surface area contributed by atoms with Gasteiger partial charge in [0.25, 0.3) is 5.91 Å². The standard InChI is InChI=1S/C18H16N2O/c1-2-17-19-12-13-20(17)18(21)16-10-8-15(9-11-16)14-6-4-3-5-7-14/h3-13H,2H2,1H3. The third kappa shape index (κ3) is 2.63. The van der Waals surface area contributed by atoms with Crippen LogP contribution in [-0.4, -0.2) is 15.5 Å². The molecular weight excluding hydrogens is 260 g/mol. The molecule has 3 heteroatoms. The van der Waals surface area contributed by atoms with Gasteiger partial charge in [-0.1, -0.05) is 49.4 Å². The Morgan fingerprint density at radius 3 is 2.33 bits per heavy atom. The highest BCUT2D eigenvalue weighted by Gasteiger charge is 2.11. The van der Waals surface area contributed by atoms with Crippen molar-refractivity contribution in [3.63, 3.8) is 0 Å². The van der Waals surface area contributed by atoms with Gasteiger partial charge in [0, 0.05) is 24.4 Å². The van der Waals surface area contributed by atoms with Crippen LogP contribution in [0.4, 0.5) is 0 Å². The van der Waals surface area contributed by atoms with Crippen LogP contribution >= 0.6 is 0 Å². The molecule has 0 N–H and O–H groups in total. The van der Waals surface area contributed by atoms with E-state index in [1.807, 2.05) is 49.4 Å². The Morgan fingerprint density at radius 2 is 1.67 bits per heavy atom. The first-order valence-corrected chi connectivity index (χ1v) is 7.02. The molecule has 1 heterocycles. The Hall–Kier alpha value is -2.68. The maximum atomic E-state index is 12.5. The lowest BCUT2D eigenvalue weighted by Crippen LogP contribution is -2.14. The number of nitrogens with zero attached hydrogens (tertiary/aromatic N) is 2. The van der Waals surface area contributed by atoms with Crippen LogP contribution in [0.3, 0.4) is 0 Å². The average molecular weight is 276 g/mol. The smallest absolute Gasteiger partial charge is 0.263 e. The summed E-state index contributed by atoms with van der Waals surface area (Å²) in [7, 11) is 0. The topological polar surface area (TPSA) is 34.9 Å². The number of benzene rings is 2. The van der Waals surface area contributed by atoms with E-state index in [2.05, 4.69) is 17.1 Å². The molecule has 0 aliphatic carbocycles. The highest BCUT2D eigenvalue weighted by Crippen LogP contribution is 2.19. The van der Waals surface area contributed by atoms with Gasteiger partial charge in [0.1, 0.15) is 5.82 Å². The zero-order valence-corrected chi connectivity index (χ0v) is 11.9. The van der Waals surface area contributed by atoms with Crippen LogP contribution in [0.5, 0.6) is 0 Å². The first-order valence-electron chi connectivity index (χ1n) is 7.02. The molecular formula is C18H16N2O. The van der Waals surface area contributed by atoms with Gasteiger partial charge in [-0.25, -0.2) is 4.98 Å². The number of aryl methyl sites for hydroxylation is 1. The van der Waals surface area contributed by atoms with Crippen molar-refractivity contribution in [2.24, 2.45) is 0 Å². The first kappa shape index (κ1) is 13.3. The molecule has 3 aromatic rings. The van der Waals surface area contributed by atoms with Gasteiger partial charge in [0.05, 0.1) is 0 Å². The molecule has 0 fully saturated rings. The van der Waals surface area contributed by atoms with E-state index in [1.165, 1.54) is 0 Å². The van der Waals surface area contributed by atoms with Crippen LogP contribution < -0.4 is 0 Å². The molecule has 0 saturated heterocycles. The van der Waals surface area contributed by atoms with Crippen LogP contribution in [0.25, 0.3) is 11.1 Å². The molecule has 3 nitrogen and oxygen atoms in total. The molecule has 0 spiro atoms. The fourth-order valence-electron chi connectivity index (χ4n) is 2.36. The number of hydrogen-bond donors (Lipinski definition) is 0. The second-order valence-electron chi connectivity index (χ2n) is 4.82. The molecule has 0 saturated carbocycles. The van der Waals surface area contributed by atoms with Gasteiger partial charge in [-0.3, -0.25) is 9.36 Å². The molecule has 1 aromatic heterocycles. The minimum absolute atomic E-state index is 0.0380. The first-order chi connectivity index (χ1) is 10.3. The highest BCUT2D eigenvalue weighted by atomic mass is 16.2. The highest BCUT2D eigenvalue weighted by molar-refractivity contribution is 5.96. The minimum Gasteiger partial charge on any atom is -0.270 e. The van der Waals surface area contributed by atoms with Crippen molar-refractivity contribution < 1.29 is 4.79 Å². The van der Waals surface area contributed by atoms with Crippen molar-refractivity contribution in [1.29, 1.82) is 0 Å². The molecule has 2 aromatic carbocycles. The van der Waals surface area contributed by atoms with Crippen LogP contribution in [0, 0.1) is 0 Å². The molecule has 104 valence electrons. The summed E-state index contributed by atoms with van der Waals surface area (Å²) in [5, 5.41) is 0. The maximum absolute atomic E-state index is 12.5. The van der Waals surface area contributed by atoms with E-state index in [1.54, 1.807) is 17.0 Å². The Bertz CT molecular complexity index is 742. The van der Waals surface area contributed by atoms with E-state index >= 15 is 0 Å². The quantitative estimate of drug-likeness (QED) is 0.729. The average Bonchev–Trinajstić information content (AvgIpc) is 3.04. The normalized spacial score (nSPS) is 10.5. The summed E-state index contributed by atoms with van der Waals surface area (Å²) in [6.45, 7) is 1.99. The summed E-state index contributed by atoms with van der Waals surface area (Å²) in [4.78, 5) is 16.6. The van der Waals surface area contributed by atoms with Crippen LogP contribution in [0.2, 0.25) is 0 Å². The summed E-state index contributed by atoms with van der Waals surface area (Å²) < 4.78 is 1.61. The summed E-state index contributed by atoms with van der Waals surface area (Å²) >= 11 is 0. The van der Waals surface area contributed by atoms with Gasteiger partial charge in [0.2, 0.25) is 0 Å². The van der Waals surface area contributed by atoms with E-state index in [4.69, 9.17) is 0 Å². The third-order valence-electron chi connectivity index (χ3n) is 3.49. The predicted molar refractivity (Wildman–Crippen MR) is 83.2 cm³/mol. The monoisotopic (exact) mass is 276 g/mol. The molecule has 3 rings (SSSR count). The lowest BCUT2D eigenvalue weighted by atomic mass is 10.0. The molecule has 0 aliphatic heterocycles. The second-order valence-corrected chi connectivity index (χ2v) is 4.82. The summed E-state index contributed by atoms with van der Waals surface area (Å²) in [5.74, 6) is 0.746. The Morgan fingerprint density at radius 1 is 1.00 bits per heavy atom. The number of carbonyl (C=O) groups excluding carboxylic acids is 1. The van der Waals surface area contributed by atoms with Crippen molar-refractivity contribution in [2.45, 2.75) is 13.3 Å². The molecule has 0 bridgehead atoms. The number of aromatic nitrogens is 2. The largest absolute Gasteiger partial charge is 0.270 e. The van der Waals surface area contributed by atoms with Crippen LogP contribution in [0.15, 0.2) is 67.0 Å². The summed E-state index contributed by atoms with van der Waals surface area (Å²) in [6, 6.07) is 17.8. The van der Waals surface area contributed by atoms with Gasteiger partial charge in [-0.2, -0.15) is 0 Å². The molecule has 0 aliphatic rings. The Labute approximate surface area is 123 Å². The minimum atomic E-state index is -0.0380. The van der Waals surface area contributed by atoms with Crippen molar-refractivity contribution in [3.8, 4) is 11.1 Å². The molecule has 0 atom stereocenters. The maximum Gasteiger partial charge on any atom is 0.263 e. The fraction of sp³-hybridized carbons (Fsp3) is 0.111. The number of rotatable bonds is 3. The lowest BCUT2D eigenvalue weighted by molar-refractivity contribution is 0.0956.